The molecule has 1 unspecified atom stereocenters. The van der Waals surface area contributed by atoms with Gasteiger partial charge in [0.1, 0.15) is 5.70 Å². The first kappa shape index (κ1) is 13.9. The number of hydrogen-bond donors (Lipinski definition) is 1. The molecule has 5 heteroatoms. The van der Waals surface area contributed by atoms with Crippen LogP contribution in [0.25, 0.3) is 0 Å². The summed E-state index contributed by atoms with van der Waals surface area (Å²) in [7, 11) is 1.51. The second-order valence-corrected chi connectivity index (χ2v) is 4.73. The van der Waals surface area contributed by atoms with Gasteiger partial charge in [0, 0.05) is 19.5 Å². The number of alkyl halides is 3. The van der Waals surface area contributed by atoms with Crippen LogP contribution in [0.15, 0.2) is 36.0 Å². The van der Waals surface area contributed by atoms with E-state index >= 15 is 0 Å². The lowest BCUT2D eigenvalue weighted by atomic mass is 9.91. The molecule has 0 aromatic heterocycles. The van der Waals surface area contributed by atoms with E-state index in [-0.39, 0.29) is 5.92 Å². The van der Waals surface area contributed by atoms with Gasteiger partial charge in [0.25, 0.3) is 0 Å². The van der Waals surface area contributed by atoms with Crippen molar-refractivity contribution in [3.8, 4) is 0 Å². The lowest BCUT2D eigenvalue weighted by Gasteiger charge is -2.34. The highest BCUT2D eigenvalue weighted by Gasteiger charge is 2.40. The van der Waals surface area contributed by atoms with Gasteiger partial charge in [0.15, 0.2) is 0 Å². The summed E-state index contributed by atoms with van der Waals surface area (Å²) in [5.41, 5.74) is 4.02. The quantitative estimate of drug-likeness (QED) is 0.886. The molecular formula is C14H17F3N2. The molecule has 2 nitrogen and oxygen atoms in total. The number of hydrazine groups is 1. The number of nitrogens with zero attached hydrogens (tertiary/aromatic N) is 1. The third kappa shape index (κ3) is 3.10. The fourth-order valence-corrected chi connectivity index (χ4v) is 2.31. The fraction of sp³-hybridized carbons (Fsp3) is 0.429. The van der Waals surface area contributed by atoms with Crippen molar-refractivity contribution in [1.82, 2.24) is 10.4 Å². The van der Waals surface area contributed by atoms with Gasteiger partial charge in [-0.05, 0) is 25.0 Å². The predicted molar refractivity (Wildman–Crippen MR) is 68.4 cm³/mol. The summed E-state index contributed by atoms with van der Waals surface area (Å²) in [6.07, 6.45) is -2.35. The summed E-state index contributed by atoms with van der Waals surface area (Å²) in [4.78, 5) is 0. The van der Waals surface area contributed by atoms with Gasteiger partial charge < -0.3 is 5.01 Å². The minimum Gasteiger partial charge on any atom is -0.305 e. The zero-order valence-corrected chi connectivity index (χ0v) is 11.0. The molecule has 19 heavy (non-hydrogen) atoms. The third-order valence-corrected chi connectivity index (χ3v) is 3.38. The molecule has 1 aliphatic heterocycles. The molecule has 0 aliphatic carbocycles. The average Bonchev–Trinajstić information content (AvgIpc) is 2.38. The first-order valence-corrected chi connectivity index (χ1v) is 6.22. The van der Waals surface area contributed by atoms with Gasteiger partial charge in [0.2, 0.25) is 0 Å². The van der Waals surface area contributed by atoms with Gasteiger partial charge in [-0.3, -0.25) is 0 Å². The predicted octanol–water partition coefficient (Wildman–Crippen LogP) is 3.36. The Labute approximate surface area is 110 Å². The zero-order valence-electron chi connectivity index (χ0n) is 11.0. The summed E-state index contributed by atoms with van der Waals surface area (Å²) in [5, 5.41) is 1.16. The van der Waals surface area contributed by atoms with E-state index in [1.807, 2.05) is 31.2 Å². The lowest BCUT2D eigenvalue weighted by molar-refractivity contribution is -0.118. The molecule has 0 saturated carbocycles. The molecule has 1 heterocycles. The monoisotopic (exact) mass is 270 g/mol. The molecular weight excluding hydrogens is 253 g/mol. The normalized spacial score (nSPS) is 20.4. The van der Waals surface area contributed by atoms with E-state index in [0.717, 1.165) is 16.1 Å². The standard InChI is InChI=1S/C14H17F3N2/c1-10-3-5-11(6-4-10)12-7-8-19(18-2)13(9-12)14(15,16)17/h3-6,9,12,18H,7-8H2,1-2H3. The van der Waals surface area contributed by atoms with E-state index in [1.54, 1.807) is 0 Å². The number of allylic oxidation sites excluding steroid dienone is 2. The average molecular weight is 270 g/mol. The maximum absolute atomic E-state index is 13.0. The van der Waals surface area contributed by atoms with Gasteiger partial charge in [-0.25, -0.2) is 5.43 Å². The Bertz CT molecular complexity index is 463. The van der Waals surface area contributed by atoms with Crippen LogP contribution >= 0.6 is 0 Å². The Balaban J connectivity index is 2.31. The van der Waals surface area contributed by atoms with Gasteiger partial charge in [-0.1, -0.05) is 29.8 Å². The molecule has 1 atom stereocenters. The van der Waals surface area contributed by atoms with Gasteiger partial charge in [0.05, 0.1) is 0 Å². The van der Waals surface area contributed by atoms with E-state index in [2.05, 4.69) is 5.43 Å². The Kier molecular flexibility index (Phi) is 3.85. The highest BCUT2D eigenvalue weighted by Crippen LogP contribution is 2.36. The molecule has 1 aromatic carbocycles. The minimum atomic E-state index is -4.33. The molecule has 1 N–H and O–H groups in total. The summed E-state index contributed by atoms with van der Waals surface area (Å²) >= 11 is 0. The number of benzene rings is 1. The molecule has 1 aromatic rings. The van der Waals surface area contributed by atoms with Crippen molar-refractivity contribution in [3.05, 3.63) is 47.2 Å². The van der Waals surface area contributed by atoms with Crippen LogP contribution in [0.1, 0.15) is 23.5 Å². The van der Waals surface area contributed by atoms with Crippen LogP contribution in [-0.4, -0.2) is 24.8 Å². The van der Waals surface area contributed by atoms with Crippen LogP contribution in [0.5, 0.6) is 0 Å². The second-order valence-electron chi connectivity index (χ2n) is 4.73. The van der Waals surface area contributed by atoms with Crippen molar-refractivity contribution < 1.29 is 13.2 Å². The summed E-state index contributed by atoms with van der Waals surface area (Å²) in [6.45, 7) is 2.31. The zero-order chi connectivity index (χ0) is 14.0. The Hall–Kier alpha value is -1.49. The minimum absolute atomic E-state index is 0.179. The van der Waals surface area contributed by atoms with Crippen molar-refractivity contribution >= 4 is 0 Å². The van der Waals surface area contributed by atoms with E-state index in [0.29, 0.717) is 13.0 Å². The molecule has 0 spiro atoms. The molecule has 0 bridgehead atoms. The van der Waals surface area contributed by atoms with Crippen molar-refractivity contribution in [1.29, 1.82) is 0 Å². The van der Waals surface area contributed by atoms with Gasteiger partial charge in [-0.2, -0.15) is 13.2 Å². The largest absolute Gasteiger partial charge is 0.432 e. The maximum Gasteiger partial charge on any atom is 0.432 e. The molecule has 0 saturated heterocycles. The van der Waals surface area contributed by atoms with Crippen LogP contribution in [0, 0.1) is 6.92 Å². The Morgan fingerprint density at radius 1 is 1.21 bits per heavy atom. The summed E-state index contributed by atoms with van der Waals surface area (Å²) in [6, 6.07) is 7.67. The Morgan fingerprint density at radius 3 is 2.37 bits per heavy atom. The topological polar surface area (TPSA) is 15.3 Å². The highest BCUT2D eigenvalue weighted by atomic mass is 19.4. The van der Waals surface area contributed by atoms with Crippen molar-refractivity contribution in [2.75, 3.05) is 13.6 Å². The van der Waals surface area contributed by atoms with Gasteiger partial charge >= 0.3 is 6.18 Å². The molecule has 0 amide bonds. The molecule has 0 radical (unpaired) electrons. The van der Waals surface area contributed by atoms with Crippen LogP contribution < -0.4 is 5.43 Å². The third-order valence-electron chi connectivity index (χ3n) is 3.38. The second kappa shape index (κ2) is 5.25. The highest BCUT2D eigenvalue weighted by molar-refractivity contribution is 5.30. The number of nitrogens with one attached hydrogen (secondary N) is 1. The number of halogens is 3. The number of aryl methyl sites for hydroxylation is 1. The fourth-order valence-electron chi connectivity index (χ4n) is 2.31. The van der Waals surface area contributed by atoms with Gasteiger partial charge in [-0.15, -0.1) is 0 Å². The SMILES string of the molecule is CNN1CCC(c2ccc(C)cc2)C=C1C(F)(F)F. The molecule has 0 fully saturated rings. The first-order chi connectivity index (χ1) is 8.91. The van der Waals surface area contributed by atoms with E-state index in [4.69, 9.17) is 0 Å². The smallest absolute Gasteiger partial charge is 0.305 e. The van der Waals surface area contributed by atoms with E-state index in [9.17, 15) is 13.2 Å². The van der Waals surface area contributed by atoms with Crippen LogP contribution in [0.3, 0.4) is 0 Å². The van der Waals surface area contributed by atoms with Crippen molar-refractivity contribution in [3.63, 3.8) is 0 Å². The lowest BCUT2D eigenvalue weighted by Crippen LogP contribution is -2.43. The summed E-state index contributed by atoms with van der Waals surface area (Å²) in [5.74, 6) is -0.179. The van der Waals surface area contributed by atoms with Crippen LogP contribution in [-0.2, 0) is 0 Å². The van der Waals surface area contributed by atoms with Crippen LogP contribution in [0.4, 0.5) is 13.2 Å². The number of rotatable bonds is 2. The molecule has 2 rings (SSSR count). The Morgan fingerprint density at radius 2 is 1.84 bits per heavy atom. The van der Waals surface area contributed by atoms with Crippen molar-refractivity contribution in [2.45, 2.75) is 25.4 Å². The van der Waals surface area contributed by atoms with Crippen molar-refractivity contribution in [2.24, 2.45) is 0 Å². The molecule has 104 valence electrons. The number of hydrogen-bond acceptors (Lipinski definition) is 2. The molecule has 1 aliphatic rings. The maximum atomic E-state index is 13.0. The van der Waals surface area contributed by atoms with E-state index < -0.39 is 11.9 Å². The van der Waals surface area contributed by atoms with E-state index in [1.165, 1.54) is 13.1 Å². The first-order valence-electron chi connectivity index (χ1n) is 6.22. The van der Waals surface area contributed by atoms with Crippen LogP contribution in [0.2, 0.25) is 0 Å². The summed E-state index contributed by atoms with van der Waals surface area (Å²) < 4.78 is 38.9.